The zero-order chi connectivity index (χ0) is 15.5. The first-order valence-corrected chi connectivity index (χ1v) is 6.97. The van der Waals surface area contributed by atoms with Crippen molar-refractivity contribution in [2.45, 2.75) is 0 Å². The van der Waals surface area contributed by atoms with E-state index in [4.69, 9.17) is 21.2 Å². The Bertz CT molecular complexity index is 779. The van der Waals surface area contributed by atoms with E-state index in [0.717, 1.165) is 11.1 Å². The van der Waals surface area contributed by atoms with Gasteiger partial charge >= 0.3 is 5.97 Å². The van der Waals surface area contributed by atoms with E-state index in [2.05, 4.69) is 5.16 Å². The lowest BCUT2D eigenvalue weighted by molar-refractivity contribution is -0.136. The van der Waals surface area contributed by atoms with Crippen molar-refractivity contribution < 1.29 is 14.4 Å². The summed E-state index contributed by atoms with van der Waals surface area (Å²) < 4.78 is 5.29. The first-order chi connectivity index (χ1) is 10.7. The van der Waals surface area contributed by atoms with Gasteiger partial charge in [-0.15, -0.1) is 0 Å². The van der Waals surface area contributed by atoms with Gasteiger partial charge in [-0.2, -0.15) is 0 Å². The topological polar surface area (TPSA) is 47.9 Å². The second-order valence-corrected chi connectivity index (χ2v) is 5.06. The fourth-order valence-electron chi connectivity index (χ4n) is 2.17. The fourth-order valence-corrected chi connectivity index (χ4v) is 2.29. The van der Waals surface area contributed by atoms with Gasteiger partial charge in [-0.1, -0.05) is 47.1 Å². The Kier molecular flexibility index (Phi) is 3.94. The second kappa shape index (κ2) is 6.03. The minimum Gasteiger partial charge on any atom is -0.496 e. The first-order valence-electron chi connectivity index (χ1n) is 6.59. The molecule has 2 aromatic rings. The van der Waals surface area contributed by atoms with Crippen LogP contribution in [0.3, 0.4) is 0 Å². The third kappa shape index (κ3) is 2.73. The zero-order valence-electron chi connectivity index (χ0n) is 11.7. The maximum atomic E-state index is 12.0. The van der Waals surface area contributed by atoms with Gasteiger partial charge in [-0.25, -0.2) is 4.79 Å². The van der Waals surface area contributed by atoms with E-state index in [0.29, 0.717) is 22.1 Å². The molecule has 4 nitrogen and oxygen atoms in total. The van der Waals surface area contributed by atoms with Gasteiger partial charge in [-0.3, -0.25) is 0 Å². The number of nitrogens with zero attached hydrogens (tertiary/aromatic N) is 1. The largest absolute Gasteiger partial charge is 0.496 e. The zero-order valence-corrected chi connectivity index (χ0v) is 12.5. The van der Waals surface area contributed by atoms with E-state index in [1.165, 1.54) is 0 Å². The molecule has 0 spiro atoms. The Morgan fingerprint density at radius 1 is 1.14 bits per heavy atom. The van der Waals surface area contributed by atoms with Crippen molar-refractivity contribution in [1.82, 2.24) is 0 Å². The number of carbonyl (C=O) groups excluding carboxylic acids is 1. The van der Waals surface area contributed by atoms with Gasteiger partial charge in [-0.05, 0) is 24.3 Å². The Labute approximate surface area is 132 Å². The van der Waals surface area contributed by atoms with Crippen molar-refractivity contribution in [2.75, 3.05) is 7.11 Å². The number of para-hydroxylation sites is 1. The van der Waals surface area contributed by atoms with Crippen LogP contribution < -0.4 is 4.74 Å². The van der Waals surface area contributed by atoms with Crippen LogP contribution in [0.4, 0.5) is 0 Å². The molecule has 1 aliphatic rings. The molecule has 1 aliphatic heterocycles. The molecule has 3 rings (SSSR count). The number of rotatable bonds is 3. The summed E-state index contributed by atoms with van der Waals surface area (Å²) in [5, 5.41) is 4.48. The maximum Gasteiger partial charge on any atom is 0.368 e. The summed E-state index contributed by atoms with van der Waals surface area (Å²) in [6.45, 7) is 0. The summed E-state index contributed by atoms with van der Waals surface area (Å²) in [5.41, 5.74) is 2.40. The van der Waals surface area contributed by atoms with Gasteiger partial charge in [0.15, 0.2) is 0 Å². The molecule has 5 heteroatoms. The number of halogens is 1. The molecule has 0 bridgehead atoms. The molecular formula is C17H12ClNO3. The summed E-state index contributed by atoms with van der Waals surface area (Å²) in [7, 11) is 1.58. The molecule has 0 saturated heterocycles. The number of ether oxygens (including phenoxy) is 1. The molecule has 0 atom stereocenters. The van der Waals surface area contributed by atoms with Crippen LogP contribution in [0, 0.1) is 0 Å². The highest BCUT2D eigenvalue weighted by molar-refractivity contribution is 6.32. The second-order valence-electron chi connectivity index (χ2n) is 4.63. The van der Waals surface area contributed by atoms with Gasteiger partial charge in [0.1, 0.15) is 11.5 Å². The summed E-state index contributed by atoms with van der Waals surface area (Å²) in [6, 6.07) is 14.5. The SMILES string of the molecule is COc1ccccc1/C=C1/C(=O)ON=C1c1ccc(Cl)cc1. The molecule has 0 aliphatic carbocycles. The van der Waals surface area contributed by atoms with Crippen molar-refractivity contribution in [1.29, 1.82) is 0 Å². The summed E-state index contributed by atoms with van der Waals surface area (Å²) in [5.74, 6) is 0.181. The minimum absolute atomic E-state index is 0.381. The van der Waals surface area contributed by atoms with Gasteiger partial charge in [0.05, 0.1) is 12.7 Å². The van der Waals surface area contributed by atoms with Crippen molar-refractivity contribution in [3.05, 3.63) is 70.3 Å². The predicted octanol–water partition coefficient (Wildman–Crippen LogP) is 3.69. The molecule has 0 fully saturated rings. The molecule has 22 heavy (non-hydrogen) atoms. The van der Waals surface area contributed by atoms with Crippen molar-refractivity contribution in [3.63, 3.8) is 0 Å². The summed E-state index contributed by atoms with van der Waals surface area (Å²) in [6.07, 6.45) is 1.71. The van der Waals surface area contributed by atoms with Crippen LogP contribution in [0.25, 0.3) is 6.08 Å². The molecule has 2 aromatic carbocycles. The maximum absolute atomic E-state index is 12.0. The quantitative estimate of drug-likeness (QED) is 0.641. The van der Waals surface area contributed by atoms with Crippen LogP contribution in [0.2, 0.25) is 5.02 Å². The highest BCUT2D eigenvalue weighted by Gasteiger charge is 2.27. The normalized spacial score (nSPS) is 15.6. The molecule has 0 saturated carbocycles. The number of oxime groups is 1. The van der Waals surface area contributed by atoms with Crippen LogP contribution >= 0.6 is 11.6 Å². The molecule has 0 radical (unpaired) electrons. The van der Waals surface area contributed by atoms with Gasteiger partial charge < -0.3 is 9.57 Å². The highest BCUT2D eigenvalue weighted by atomic mass is 35.5. The number of hydrogen-bond donors (Lipinski definition) is 0. The van der Waals surface area contributed by atoms with E-state index in [-0.39, 0.29) is 0 Å². The summed E-state index contributed by atoms with van der Waals surface area (Å²) >= 11 is 5.88. The first kappa shape index (κ1) is 14.4. The Morgan fingerprint density at radius 2 is 1.86 bits per heavy atom. The van der Waals surface area contributed by atoms with E-state index in [9.17, 15) is 4.79 Å². The van der Waals surface area contributed by atoms with Gasteiger partial charge in [0.2, 0.25) is 0 Å². The molecule has 110 valence electrons. The van der Waals surface area contributed by atoms with E-state index < -0.39 is 5.97 Å². The molecule has 0 unspecified atom stereocenters. The Morgan fingerprint density at radius 3 is 2.59 bits per heavy atom. The van der Waals surface area contributed by atoms with Crippen LogP contribution in [-0.2, 0) is 9.63 Å². The van der Waals surface area contributed by atoms with Crippen LogP contribution in [0.15, 0.2) is 59.3 Å². The van der Waals surface area contributed by atoms with E-state index in [1.54, 1.807) is 37.5 Å². The predicted molar refractivity (Wildman–Crippen MR) is 85.1 cm³/mol. The van der Waals surface area contributed by atoms with Crippen molar-refractivity contribution >= 4 is 29.4 Å². The number of hydrogen-bond acceptors (Lipinski definition) is 4. The standard InChI is InChI=1S/C17H12ClNO3/c1-21-15-5-3-2-4-12(15)10-14-16(19-22-17(14)20)11-6-8-13(18)9-7-11/h2-10H,1H3/b14-10+. The molecule has 0 N–H and O–H groups in total. The average Bonchev–Trinajstić information content (AvgIpc) is 2.90. The minimum atomic E-state index is -0.490. The highest BCUT2D eigenvalue weighted by Crippen LogP contribution is 2.25. The lowest BCUT2D eigenvalue weighted by Crippen LogP contribution is -2.07. The molecule has 1 heterocycles. The van der Waals surface area contributed by atoms with Crippen molar-refractivity contribution in [3.8, 4) is 5.75 Å². The monoisotopic (exact) mass is 313 g/mol. The number of methoxy groups -OCH3 is 1. The van der Waals surface area contributed by atoms with Crippen molar-refractivity contribution in [2.24, 2.45) is 5.16 Å². The molecular weight excluding hydrogens is 302 g/mol. The van der Waals surface area contributed by atoms with Gasteiger partial charge in [0, 0.05) is 16.1 Å². The smallest absolute Gasteiger partial charge is 0.368 e. The van der Waals surface area contributed by atoms with Crippen LogP contribution in [-0.4, -0.2) is 18.8 Å². The molecule has 0 aromatic heterocycles. The Hall–Kier alpha value is -2.59. The van der Waals surface area contributed by atoms with Gasteiger partial charge in [0.25, 0.3) is 0 Å². The number of benzene rings is 2. The number of carbonyl (C=O) groups is 1. The van der Waals surface area contributed by atoms with E-state index in [1.807, 2.05) is 24.3 Å². The fraction of sp³-hybridized carbons (Fsp3) is 0.0588. The third-order valence-electron chi connectivity index (χ3n) is 3.25. The third-order valence-corrected chi connectivity index (χ3v) is 3.50. The summed E-state index contributed by atoms with van der Waals surface area (Å²) in [4.78, 5) is 16.8. The van der Waals surface area contributed by atoms with E-state index >= 15 is 0 Å². The lowest BCUT2D eigenvalue weighted by Gasteiger charge is -2.05. The van der Waals surface area contributed by atoms with Crippen LogP contribution in [0.5, 0.6) is 5.75 Å². The Balaban J connectivity index is 2.04. The average molecular weight is 314 g/mol. The van der Waals surface area contributed by atoms with Crippen LogP contribution in [0.1, 0.15) is 11.1 Å². The lowest BCUT2D eigenvalue weighted by atomic mass is 10.0. The molecule has 0 amide bonds.